The maximum absolute atomic E-state index is 4.80. The number of nitrogens with zero attached hydrogens (tertiary/aromatic N) is 6. The van der Waals surface area contributed by atoms with E-state index < -0.39 is 0 Å². The molecule has 0 unspecified atom stereocenters. The molecule has 150 valence electrons. The molecule has 0 radical (unpaired) electrons. The van der Waals surface area contributed by atoms with E-state index in [0.717, 1.165) is 36.3 Å². The van der Waals surface area contributed by atoms with Gasteiger partial charge in [-0.15, -0.1) is 0 Å². The van der Waals surface area contributed by atoms with Crippen LogP contribution in [0.25, 0.3) is 34.2 Å². The predicted octanol–water partition coefficient (Wildman–Crippen LogP) is 2.79. The van der Waals surface area contributed by atoms with Gasteiger partial charge in [-0.3, -0.25) is 0 Å². The average molecular weight is 400 g/mol. The van der Waals surface area contributed by atoms with Crippen LogP contribution < -0.4 is 13.7 Å². The molecule has 6 nitrogen and oxygen atoms in total. The van der Waals surface area contributed by atoms with Gasteiger partial charge >= 0.3 is 0 Å². The first-order chi connectivity index (χ1) is 14.7. The SMILES string of the molecule is CC[n+]1ccc(-c2nc(-c3cc[n+](CC)cc3)nc(-c3cc[n+](CC)cc3)n2)cc1. The second-order valence-corrected chi connectivity index (χ2v) is 7.06. The van der Waals surface area contributed by atoms with Crippen LogP contribution in [0.1, 0.15) is 20.8 Å². The van der Waals surface area contributed by atoms with Gasteiger partial charge in [0.25, 0.3) is 0 Å². The Morgan fingerprint density at radius 3 is 0.900 bits per heavy atom. The van der Waals surface area contributed by atoms with E-state index in [-0.39, 0.29) is 0 Å². The fourth-order valence-electron chi connectivity index (χ4n) is 3.21. The lowest BCUT2D eigenvalue weighted by Crippen LogP contribution is -2.30. The highest BCUT2D eigenvalue weighted by molar-refractivity contribution is 5.65. The van der Waals surface area contributed by atoms with Gasteiger partial charge in [-0.25, -0.2) is 28.7 Å². The molecule has 0 saturated carbocycles. The maximum Gasteiger partial charge on any atom is 0.169 e. The molecule has 0 aliphatic carbocycles. The molecule has 4 aromatic rings. The maximum atomic E-state index is 4.80. The van der Waals surface area contributed by atoms with Gasteiger partial charge in [0.2, 0.25) is 0 Å². The molecule has 0 bridgehead atoms. The van der Waals surface area contributed by atoms with Crippen molar-refractivity contribution in [1.82, 2.24) is 15.0 Å². The lowest BCUT2D eigenvalue weighted by atomic mass is 10.2. The molecule has 0 fully saturated rings. The van der Waals surface area contributed by atoms with Gasteiger partial charge in [0, 0.05) is 53.1 Å². The molecule has 0 aliphatic heterocycles. The molecular weight excluding hydrogens is 372 g/mol. The van der Waals surface area contributed by atoms with Crippen molar-refractivity contribution in [3.8, 4) is 34.2 Å². The highest BCUT2D eigenvalue weighted by Gasteiger charge is 2.14. The Morgan fingerprint density at radius 2 is 0.700 bits per heavy atom. The summed E-state index contributed by atoms with van der Waals surface area (Å²) in [6.45, 7) is 9.14. The fourth-order valence-corrected chi connectivity index (χ4v) is 3.21. The molecule has 4 aromatic heterocycles. The van der Waals surface area contributed by atoms with Crippen molar-refractivity contribution in [2.24, 2.45) is 0 Å². The lowest BCUT2D eigenvalue weighted by Gasteiger charge is -2.07. The van der Waals surface area contributed by atoms with Crippen LogP contribution >= 0.6 is 0 Å². The monoisotopic (exact) mass is 399 g/mol. The van der Waals surface area contributed by atoms with Crippen molar-refractivity contribution in [1.29, 1.82) is 0 Å². The second-order valence-electron chi connectivity index (χ2n) is 7.06. The Bertz CT molecular complexity index is 961. The number of hydrogen-bond donors (Lipinski definition) is 0. The third kappa shape index (κ3) is 4.22. The molecule has 0 atom stereocenters. The third-order valence-electron chi connectivity index (χ3n) is 5.18. The van der Waals surface area contributed by atoms with Crippen molar-refractivity contribution < 1.29 is 13.7 Å². The normalized spacial score (nSPS) is 10.9. The first-order valence-corrected chi connectivity index (χ1v) is 10.4. The summed E-state index contributed by atoms with van der Waals surface area (Å²) in [4.78, 5) is 14.4. The van der Waals surface area contributed by atoms with Gasteiger partial charge in [0.05, 0.1) is 0 Å². The van der Waals surface area contributed by atoms with Crippen molar-refractivity contribution in [2.75, 3.05) is 0 Å². The van der Waals surface area contributed by atoms with Crippen LogP contribution in [0.15, 0.2) is 73.6 Å². The fraction of sp³-hybridized carbons (Fsp3) is 0.250. The van der Waals surface area contributed by atoms with Crippen molar-refractivity contribution in [3.05, 3.63) is 73.6 Å². The molecule has 0 N–H and O–H groups in total. The molecule has 0 aromatic carbocycles. The zero-order chi connectivity index (χ0) is 20.9. The Balaban J connectivity index is 1.83. The van der Waals surface area contributed by atoms with E-state index >= 15 is 0 Å². The summed E-state index contributed by atoms with van der Waals surface area (Å²) in [5, 5.41) is 0. The summed E-state index contributed by atoms with van der Waals surface area (Å²) >= 11 is 0. The van der Waals surface area contributed by atoms with Crippen LogP contribution in [0.3, 0.4) is 0 Å². The highest BCUT2D eigenvalue weighted by atomic mass is 15.0. The summed E-state index contributed by atoms with van der Waals surface area (Å²) in [7, 11) is 0. The molecule has 4 rings (SSSR count). The van der Waals surface area contributed by atoms with Gasteiger partial charge < -0.3 is 0 Å². The molecule has 0 amide bonds. The minimum Gasteiger partial charge on any atom is -0.208 e. The molecule has 0 aliphatic rings. The van der Waals surface area contributed by atoms with E-state index in [1.54, 1.807) is 0 Å². The number of pyridine rings is 3. The number of rotatable bonds is 6. The van der Waals surface area contributed by atoms with Crippen molar-refractivity contribution >= 4 is 0 Å². The standard InChI is InChI=1S/C24H27N6/c1-4-28-13-7-19(8-14-28)22-25-23(20-9-15-29(5-2)16-10-20)27-24(26-22)21-11-17-30(6-3)18-12-21/h7-18H,4-6H2,1-3H3/q+3. The zero-order valence-electron chi connectivity index (χ0n) is 17.7. The number of hydrogen-bond acceptors (Lipinski definition) is 3. The van der Waals surface area contributed by atoms with Gasteiger partial charge in [0.1, 0.15) is 19.6 Å². The highest BCUT2D eigenvalue weighted by Crippen LogP contribution is 2.23. The van der Waals surface area contributed by atoms with Gasteiger partial charge in [0.15, 0.2) is 54.7 Å². The molecule has 4 heterocycles. The molecule has 30 heavy (non-hydrogen) atoms. The second kappa shape index (κ2) is 8.86. The van der Waals surface area contributed by atoms with E-state index in [2.05, 4.69) is 108 Å². The van der Waals surface area contributed by atoms with E-state index in [1.165, 1.54) is 0 Å². The Labute approximate surface area is 177 Å². The molecular formula is C24H27N6+3. The Kier molecular flexibility index (Phi) is 5.84. The minimum absolute atomic E-state index is 0.678. The van der Waals surface area contributed by atoms with Crippen LogP contribution in [0.2, 0.25) is 0 Å². The topological polar surface area (TPSA) is 50.3 Å². The van der Waals surface area contributed by atoms with Gasteiger partial charge in [-0.1, -0.05) is 0 Å². The third-order valence-corrected chi connectivity index (χ3v) is 5.18. The first kappa shape index (κ1) is 19.8. The summed E-state index contributed by atoms with van der Waals surface area (Å²) in [6.07, 6.45) is 12.3. The molecule has 0 spiro atoms. The minimum atomic E-state index is 0.678. The van der Waals surface area contributed by atoms with E-state index in [0.29, 0.717) is 17.5 Å². The predicted molar refractivity (Wildman–Crippen MR) is 114 cm³/mol. The van der Waals surface area contributed by atoms with Crippen LogP contribution in [0, 0.1) is 0 Å². The zero-order valence-corrected chi connectivity index (χ0v) is 17.7. The van der Waals surface area contributed by atoms with Crippen LogP contribution in [0.5, 0.6) is 0 Å². The Hall–Kier alpha value is -3.54. The van der Waals surface area contributed by atoms with E-state index in [9.17, 15) is 0 Å². The van der Waals surface area contributed by atoms with Crippen LogP contribution in [-0.4, -0.2) is 15.0 Å². The van der Waals surface area contributed by atoms with Gasteiger partial charge in [-0.05, 0) is 20.8 Å². The molecule has 0 saturated heterocycles. The summed E-state index contributed by atoms with van der Waals surface area (Å²) < 4.78 is 6.36. The molecule has 6 heteroatoms. The summed E-state index contributed by atoms with van der Waals surface area (Å²) in [6, 6.07) is 12.3. The van der Waals surface area contributed by atoms with E-state index in [1.807, 2.05) is 0 Å². The largest absolute Gasteiger partial charge is 0.208 e. The average Bonchev–Trinajstić information content (AvgIpc) is 2.84. The van der Waals surface area contributed by atoms with E-state index in [4.69, 9.17) is 15.0 Å². The Morgan fingerprint density at radius 1 is 0.467 bits per heavy atom. The summed E-state index contributed by atoms with van der Waals surface area (Å²) in [5.41, 5.74) is 2.93. The van der Waals surface area contributed by atoms with Crippen molar-refractivity contribution in [2.45, 2.75) is 40.4 Å². The number of aryl methyl sites for hydroxylation is 3. The van der Waals surface area contributed by atoms with Gasteiger partial charge in [-0.2, -0.15) is 0 Å². The lowest BCUT2D eigenvalue weighted by molar-refractivity contribution is -0.693. The van der Waals surface area contributed by atoms with Crippen molar-refractivity contribution in [3.63, 3.8) is 0 Å². The first-order valence-electron chi connectivity index (χ1n) is 10.4. The quantitative estimate of drug-likeness (QED) is 0.469. The summed E-state index contributed by atoms with van der Waals surface area (Å²) in [5.74, 6) is 2.04. The van der Waals surface area contributed by atoms with Crippen LogP contribution in [0.4, 0.5) is 0 Å². The van der Waals surface area contributed by atoms with Crippen LogP contribution in [-0.2, 0) is 19.6 Å². The number of aromatic nitrogens is 6. The smallest absolute Gasteiger partial charge is 0.169 e.